The summed E-state index contributed by atoms with van der Waals surface area (Å²) in [5.41, 5.74) is 12.9. The number of halogens is 1. The van der Waals surface area contributed by atoms with E-state index >= 15 is 0 Å². The molecule has 10 aliphatic rings. The van der Waals surface area contributed by atoms with E-state index < -0.39 is 5.97 Å². The van der Waals surface area contributed by atoms with E-state index in [1.165, 1.54) is 130 Å². The number of hydrogen-bond acceptors (Lipinski definition) is 9. The fraction of sp³-hybridized carbons (Fsp3) is 0.548. The van der Waals surface area contributed by atoms with Gasteiger partial charge in [0.1, 0.15) is 0 Å². The number of fused-ring (bicyclic) bond motifs is 10. The van der Waals surface area contributed by atoms with Crippen LogP contribution in [-0.4, -0.2) is 93.0 Å². The van der Waals surface area contributed by atoms with Crippen molar-refractivity contribution in [2.45, 2.75) is 127 Å². The maximum Gasteiger partial charge on any atom is 0.306 e. The highest BCUT2D eigenvalue weighted by Gasteiger charge is 2.42. The first kappa shape index (κ1) is 52.1. The number of aliphatic carboxylic acids is 1. The van der Waals surface area contributed by atoms with Gasteiger partial charge in [0, 0.05) is 81.0 Å². The van der Waals surface area contributed by atoms with Crippen LogP contribution in [0.1, 0.15) is 170 Å². The smallest absolute Gasteiger partial charge is 0.306 e. The number of benzene rings is 4. The molecule has 3 N–H and O–H groups in total. The van der Waals surface area contributed by atoms with Gasteiger partial charge in [-0.05, 0) is 152 Å². The van der Waals surface area contributed by atoms with Crippen LogP contribution in [0.4, 0.5) is 22.7 Å². The SMILES string of the molecule is CCOC(=O)CCBr.O=C(O)CCN1C[C@@H]2CCC[C@@H]2c2ccccc21.O=C1CCN2C[C@@H]3CCC[C@@H]3c3cccc1c32.O=C1NCCN2C[C@@H]3CCC[C@@H]3c3cccc1c32.c1ccc2c(c1)NC[C@@H]1CCC[C@H]21. The minimum absolute atomic E-state index is 0.103. The minimum atomic E-state index is -0.707. The molecular weight excluding hydrogens is 991 g/mol. The van der Waals surface area contributed by atoms with E-state index in [1.807, 2.05) is 12.1 Å². The predicted molar refractivity (Wildman–Crippen MR) is 300 cm³/mol. The van der Waals surface area contributed by atoms with Crippen molar-refractivity contribution in [1.82, 2.24) is 5.32 Å². The molecule has 0 radical (unpaired) electrons. The highest BCUT2D eigenvalue weighted by atomic mass is 79.9. The molecule has 0 aromatic heterocycles. The van der Waals surface area contributed by atoms with Crippen molar-refractivity contribution in [3.05, 3.63) is 118 Å². The van der Waals surface area contributed by atoms with Crippen molar-refractivity contribution in [3.63, 3.8) is 0 Å². The zero-order chi connectivity index (χ0) is 51.1. The molecule has 394 valence electrons. The maximum atomic E-state index is 12.1. The lowest BCUT2D eigenvalue weighted by Gasteiger charge is -2.41. The van der Waals surface area contributed by atoms with Gasteiger partial charge in [-0.3, -0.25) is 19.2 Å². The molecule has 0 bridgehead atoms. The van der Waals surface area contributed by atoms with E-state index in [4.69, 9.17) is 5.11 Å². The monoisotopic (exact) mass is 1070 g/mol. The lowest BCUT2D eigenvalue weighted by atomic mass is 9.80. The van der Waals surface area contributed by atoms with Gasteiger partial charge in [0.25, 0.3) is 5.91 Å². The molecule has 14 rings (SSSR count). The third-order valence-corrected chi connectivity index (χ3v) is 18.6. The standard InChI is InChI=1S/C15H18N2O.C15H19NO2.C15H17NO.C12H15N.C5H9BrO2/c18-15-13-6-2-5-12-11-4-1-3-10(11)9-17(14(12)13)8-7-16-15;17-15(18)8-9-16-10-11-4-3-6-12(11)13-5-1-2-7-14(13)16;17-14-7-8-16-9-10-3-1-4-11(10)12-5-2-6-13(14)15(12)16;1-2-7-12-11(5-1)10-6-3-4-9(10)8-13-12;1-2-8-5(7)3-4-6/h2,5-6,10-11H,1,3-4,7-9H2,(H,16,18);1-2,5,7,11-12H,3-4,6,8-10H2,(H,17,18);2,5-6,10-11H,1,3-4,7-9H2;1-2,5,7,9-10,13H,3-4,6,8H2;2-4H2,1H3/t10-,11-;11-,12-;10-,11-;9-,10-;/m0000./s1. The Bertz CT molecular complexity index is 2630. The van der Waals surface area contributed by atoms with Gasteiger partial charge < -0.3 is 35.2 Å². The molecule has 12 heteroatoms. The number of nitrogens with zero attached hydrogens (tertiary/aromatic N) is 3. The van der Waals surface area contributed by atoms with E-state index in [0.29, 0.717) is 48.9 Å². The summed E-state index contributed by atoms with van der Waals surface area (Å²) >= 11 is 3.12. The van der Waals surface area contributed by atoms with Crippen LogP contribution in [0, 0.1) is 23.7 Å². The Morgan fingerprint density at radius 3 is 1.84 bits per heavy atom. The largest absolute Gasteiger partial charge is 0.481 e. The lowest BCUT2D eigenvalue weighted by molar-refractivity contribution is -0.142. The van der Waals surface area contributed by atoms with E-state index in [9.17, 15) is 19.2 Å². The second kappa shape index (κ2) is 24.1. The number of carbonyl (C=O) groups excluding carboxylic acids is 3. The number of hydrogen-bond donors (Lipinski definition) is 3. The normalized spacial score (nSPS) is 26.6. The third kappa shape index (κ3) is 11.3. The van der Waals surface area contributed by atoms with E-state index in [2.05, 4.69) is 119 Å². The number of esters is 1. The molecule has 4 aromatic rings. The van der Waals surface area contributed by atoms with Crippen LogP contribution in [0.2, 0.25) is 0 Å². The minimum Gasteiger partial charge on any atom is -0.481 e. The Balaban J connectivity index is 0.000000108. The van der Waals surface area contributed by atoms with Gasteiger partial charge in [-0.1, -0.05) is 102 Å². The fourth-order valence-corrected chi connectivity index (χ4v) is 15.2. The van der Waals surface area contributed by atoms with Gasteiger partial charge in [0.15, 0.2) is 5.78 Å². The number of carboxylic acids is 1. The maximum absolute atomic E-state index is 12.1. The van der Waals surface area contributed by atoms with Gasteiger partial charge in [-0.25, -0.2) is 0 Å². The van der Waals surface area contributed by atoms with Crippen LogP contribution in [0.15, 0.2) is 84.9 Å². The van der Waals surface area contributed by atoms with E-state index in [-0.39, 0.29) is 18.3 Å². The van der Waals surface area contributed by atoms with Crippen LogP contribution < -0.4 is 25.3 Å². The zero-order valence-corrected chi connectivity index (χ0v) is 45.2. The lowest BCUT2D eigenvalue weighted by Crippen LogP contribution is -2.41. The van der Waals surface area contributed by atoms with E-state index in [1.54, 1.807) is 12.5 Å². The summed E-state index contributed by atoms with van der Waals surface area (Å²) in [5, 5.41) is 16.1. The first-order valence-corrected chi connectivity index (χ1v) is 29.5. The number of anilines is 4. The molecule has 8 atom stereocenters. The first-order valence-electron chi connectivity index (χ1n) is 28.4. The second-order valence-corrected chi connectivity index (χ2v) is 23.2. The van der Waals surface area contributed by atoms with Crippen LogP contribution >= 0.6 is 15.9 Å². The highest BCUT2D eigenvalue weighted by molar-refractivity contribution is 9.09. The summed E-state index contributed by atoms with van der Waals surface area (Å²) in [5.74, 6) is 5.88. The van der Waals surface area contributed by atoms with Gasteiger partial charge >= 0.3 is 11.9 Å². The van der Waals surface area contributed by atoms with Crippen LogP contribution in [0.5, 0.6) is 0 Å². The molecule has 74 heavy (non-hydrogen) atoms. The molecule has 1 amide bonds. The highest BCUT2D eigenvalue weighted by Crippen LogP contribution is 2.52. The molecule has 4 aromatic carbocycles. The summed E-state index contributed by atoms with van der Waals surface area (Å²) in [4.78, 5) is 52.4. The molecule has 0 unspecified atom stereocenters. The van der Waals surface area contributed by atoms with E-state index in [0.717, 1.165) is 79.4 Å². The molecule has 6 heterocycles. The van der Waals surface area contributed by atoms with Gasteiger partial charge in [-0.2, -0.15) is 0 Å². The number of ketones is 1. The molecule has 0 spiro atoms. The molecule has 0 saturated heterocycles. The number of para-hydroxylation sites is 4. The van der Waals surface area contributed by atoms with Crippen molar-refractivity contribution >= 4 is 62.3 Å². The molecule has 4 saturated carbocycles. The second-order valence-electron chi connectivity index (χ2n) is 22.4. The molecule has 11 nitrogen and oxygen atoms in total. The first-order chi connectivity index (χ1) is 36.2. The quantitative estimate of drug-likeness (QED) is 0.127. The van der Waals surface area contributed by atoms with Crippen LogP contribution in [0.25, 0.3) is 0 Å². The third-order valence-electron chi connectivity index (χ3n) is 18.2. The predicted octanol–water partition coefficient (Wildman–Crippen LogP) is 12.3. The summed E-state index contributed by atoms with van der Waals surface area (Å²) < 4.78 is 4.61. The number of alkyl halides is 1. The summed E-state index contributed by atoms with van der Waals surface area (Å²) in [6.07, 6.45) is 17.6. The molecule has 6 aliphatic heterocycles. The van der Waals surface area contributed by atoms with Gasteiger partial charge in [0.05, 0.1) is 36.4 Å². The van der Waals surface area contributed by atoms with Gasteiger partial charge in [-0.15, -0.1) is 0 Å². The summed E-state index contributed by atoms with van der Waals surface area (Å²) in [7, 11) is 0. The van der Waals surface area contributed by atoms with Crippen molar-refractivity contribution < 1.29 is 29.0 Å². The fourth-order valence-electron chi connectivity index (χ4n) is 14.9. The number of Topliss-reactive ketones (excluding diaryl/α,β-unsaturated/α-hetero) is 1. The van der Waals surface area contributed by atoms with Crippen molar-refractivity contribution in [2.75, 3.05) is 84.3 Å². The number of amides is 1. The van der Waals surface area contributed by atoms with Crippen LogP contribution in [0.3, 0.4) is 0 Å². The number of rotatable bonds is 6. The van der Waals surface area contributed by atoms with Crippen molar-refractivity contribution in [1.29, 1.82) is 0 Å². The Hall–Kier alpha value is -5.36. The average Bonchev–Trinajstić information content (AvgIpc) is 4.28. The number of ether oxygens (including phenoxy) is 1. The molecule has 4 aliphatic carbocycles. The number of carboxylic acid groups (broad SMARTS) is 1. The Morgan fingerprint density at radius 2 is 1.18 bits per heavy atom. The van der Waals surface area contributed by atoms with Crippen molar-refractivity contribution in [2.24, 2.45) is 23.7 Å². The Kier molecular flexibility index (Phi) is 17.0. The van der Waals surface area contributed by atoms with Gasteiger partial charge in [0.2, 0.25) is 0 Å². The van der Waals surface area contributed by atoms with Crippen molar-refractivity contribution in [3.8, 4) is 0 Å². The topological polar surface area (TPSA) is 132 Å². The zero-order valence-electron chi connectivity index (χ0n) is 43.6. The number of carbonyl (C=O) groups is 4. The Labute approximate surface area is 447 Å². The van der Waals surface area contributed by atoms with Crippen LogP contribution in [-0.2, 0) is 14.3 Å². The molecular formula is C62H78BrN5O6. The Morgan fingerprint density at radius 1 is 0.622 bits per heavy atom. The number of nitrogens with one attached hydrogen (secondary N) is 2. The molecule has 4 fully saturated rings. The summed E-state index contributed by atoms with van der Waals surface area (Å²) in [6.45, 7) is 10.1. The average molecular weight is 1070 g/mol. The summed E-state index contributed by atoms with van der Waals surface area (Å²) in [6, 6.07) is 30.0.